The number of rotatable bonds is 4. The third-order valence-electron chi connectivity index (χ3n) is 4.67. The Kier molecular flexibility index (Phi) is 4.86. The van der Waals surface area contributed by atoms with Crippen LogP contribution in [0, 0.1) is 18.3 Å². The van der Waals surface area contributed by atoms with Crippen molar-refractivity contribution in [3.05, 3.63) is 94.3 Å². The maximum absolute atomic E-state index is 12.8. The topological polar surface area (TPSA) is 97.4 Å². The lowest BCUT2D eigenvalue weighted by Gasteiger charge is -2.13. The van der Waals surface area contributed by atoms with Gasteiger partial charge < -0.3 is 8.60 Å². The zero-order chi connectivity index (χ0) is 21.3. The number of nitrogens with zero attached hydrogens (tertiary/aromatic N) is 1. The smallest absolute Gasteiger partial charge is 0.340 e. The van der Waals surface area contributed by atoms with Gasteiger partial charge in [0.25, 0.3) is 0 Å². The zero-order valence-electron chi connectivity index (χ0n) is 15.8. The predicted molar refractivity (Wildman–Crippen MR) is 112 cm³/mol. The highest BCUT2D eigenvalue weighted by atomic mass is 32.2. The first-order chi connectivity index (χ1) is 14.4. The molecule has 0 fully saturated rings. The number of aryl methyl sites for hydroxylation is 1. The molecule has 3 aromatic carbocycles. The molecule has 0 saturated heterocycles. The van der Waals surface area contributed by atoms with E-state index in [1.165, 1.54) is 30.3 Å². The van der Waals surface area contributed by atoms with E-state index in [2.05, 4.69) is 0 Å². The van der Waals surface area contributed by atoms with Crippen LogP contribution >= 0.6 is 0 Å². The molecule has 0 spiro atoms. The van der Waals surface area contributed by atoms with Crippen LogP contribution in [-0.4, -0.2) is 8.42 Å². The lowest BCUT2D eigenvalue weighted by Crippen LogP contribution is -2.12. The Balaban J connectivity index is 1.86. The van der Waals surface area contributed by atoms with E-state index in [1.807, 2.05) is 36.4 Å². The van der Waals surface area contributed by atoms with Crippen LogP contribution in [0.1, 0.15) is 11.1 Å². The molecule has 0 atom stereocenters. The summed E-state index contributed by atoms with van der Waals surface area (Å²) >= 11 is 0. The first-order valence-corrected chi connectivity index (χ1v) is 10.4. The van der Waals surface area contributed by atoms with Crippen molar-refractivity contribution in [1.29, 1.82) is 5.26 Å². The van der Waals surface area contributed by atoms with Crippen molar-refractivity contribution >= 4 is 21.1 Å². The molecular formula is C23H15NO5S. The van der Waals surface area contributed by atoms with E-state index in [-0.39, 0.29) is 21.8 Å². The van der Waals surface area contributed by atoms with Gasteiger partial charge in [0, 0.05) is 17.0 Å². The molecule has 30 heavy (non-hydrogen) atoms. The van der Waals surface area contributed by atoms with E-state index in [0.717, 1.165) is 5.56 Å². The normalized spacial score (nSPS) is 11.2. The second-order valence-corrected chi connectivity index (χ2v) is 8.07. The third-order valence-corrected chi connectivity index (χ3v) is 5.97. The van der Waals surface area contributed by atoms with Crippen molar-refractivity contribution in [2.45, 2.75) is 11.8 Å². The van der Waals surface area contributed by atoms with Gasteiger partial charge in [0.15, 0.2) is 0 Å². The average Bonchev–Trinajstić information content (AvgIpc) is 2.76. The standard InChI is InChI=1S/C23H15NO5S/c1-15-20(29-30(26,27)21-10-6-5-9-17(21)14-24)12-11-18-19(13-22(25)28-23(15)18)16-7-3-2-4-8-16/h2-13H,1H3. The Bertz CT molecular complexity index is 1470. The first-order valence-electron chi connectivity index (χ1n) is 8.97. The quantitative estimate of drug-likeness (QED) is 0.360. The average molecular weight is 417 g/mol. The highest BCUT2D eigenvalue weighted by molar-refractivity contribution is 7.87. The summed E-state index contributed by atoms with van der Waals surface area (Å²) < 4.78 is 36.2. The minimum Gasteiger partial charge on any atom is -0.422 e. The summed E-state index contributed by atoms with van der Waals surface area (Å²) in [5.41, 5.74) is 1.53. The van der Waals surface area contributed by atoms with Crippen LogP contribution in [0.25, 0.3) is 22.1 Å². The highest BCUT2D eigenvalue weighted by Gasteiger charge is 2.23. The van der Waals surface area contributed by atoms with Gasteiger partial charge in [0.2, 0.25) is 0 Å². The Morgan fingerprint density at radius 2 is 1.67 bits per heavy atom. The summed E-state index contributed by atoms with van der Waals surface area (Å²) in [7, 11) is -4.26. The number of hydrogen-bond acceptors (Lipinski definition) is 6. The molecule has 0 saturated carbocycles. The molecule has 7 heteroatoms. The van der Waals surface area contributed by atoms with Crippen LogP contribution in [0.3, 0.4) is 0 Å². The second kappa shape index (κ2) is 7.50. The molecule has 1 aromatic heterocycles. The molecule has 0 bridgehead atoms. The monoisotopic (exact) mass is 417 g/mol. The van der Waals surface area contributed by atoms with Crippen molar-refractivity contribution in [1.82, 2.24) is 0 Å². The van der Waals surface area contributed by atoms with Crippen LogP contribution < -0.4 is 9.81 Å². The summed E-state index contributed by atoms with van der Waals surface area (Å²) in [6, 6.07) is 21.5. The SMILES string of the molecule is Cc1c(OS(=O)(=O)c2ccccc2C#N)ccc2c(-c3ccccc3)cc(=O)oc12. The molecule has 0 aliphatic heterocycles. The van der Waals surface area contributed by atoms with Crippen molar-refractivity contribution in [3.8, 4) is 22.9 Å². The maximum Gasteiger partial charge on any atom is 0.340 e. The molecule has 6 nitrogen and oxygen atoms in total. The van der Waals surface area contributed by atoms with Crippen molar-refractivity contribution in [2.24, 2.45) is 0 Å². The summed E-state index contributed by atoms with van der Waals surface area (Å²) in [6.07, 6.45) is 0. The summed E-state index contributed by atoms with van der Waals surface area (Å²) in [5, 5.41) is 9.85. The molecule has 0 amide bonds. The largest absolute Gasteiger partial charge is 0.422 e. The molecule has 148 valence electrons. The minimum absolute atomic E-state index is 0.0172. The molecule has 0 radical (unpaired) electrons. The Labute approximate surface area is 172 Å². The Morgan fingerprint density at radius 1 is 0.967 bits per heavy atom. The van der Waals surface area contributed by atoms with Gasteiger partial charge in [-0.25, -0.2) is 4.79 Å². The van der Waals surface area contributed by atoms with Gasteiger partial charge in [-0.3, -0.25) is 0 Å². The Hall–Kier alpha value is -3.89. The Morgan fingerprint density at radius 3 is 2.40 bits per heavy atom. The molecular weight excluding hydrogens is 402 g/mol. The lowest BCUT2D eigenvalue weighted by molar-refractivity contribution is 0.482. The predicted octanol–water partition coefficient (Wildman–Crippen LogP) is 4.41. The van der Waals surface area contributed by atoms with Gasteiger partial charge in [-0.15, -0.1) is 0 Å². The highest BCUT2D eigenvalue weighted by Crippen LogP contribution is 2.34. The van der Waals surface area contributed by atoms with Crippen LogP contribution in [0.2, 0.25) is 0 Å². The summed E-state index contributed by atoms with van der Waals surface area (Å²) in [4.78, 5) is 11.9. The van der Waals surface area contributed by atoms with E-state index >= 15 is 0 Å². The number of fused-ring (bicyclic) bond motifs is 1. The van der Waals surface area contributed by atoms with Gasteiger partial charge in [-0.05, 0) is 42.3 Å². The fourth-order valence-electron chi connectivity index (χ4n) is 3.23. The van der Waals surface area contributed by atoms with Crippen LogP contribution in [0.15, 0.2) is 86.9 Å². The third kappa shape index (κ3) is 3.45. The number of benzene rings is 3. The van der Waals surface area contributed by atoms with Gasteiger partial charge in [-0.2, -0.15) is 13.7 Å². The zero-order valence-corrected chi connectivity index (χ0v) is 16.6. The van der Waals surface area contributed by atoms with E-state index in [0.29, 0.717) is 16.5 Å². The first kappa shape index (κ1) is 19.4. The number of nitriles is 1. The molecule has 4 aromatic rings. The van der Waals surface area contributed by atoms with E-state index in [4.69, 9.17) is 8.60 Å². The van der Waals surface area contributed by atoms with E-state index < -0.39 is 15.7 Å². The molecule has 4 rings (SSSR count). The lowest BCUT2D eigenvalue weighted by atomic mass is 10.0. The van der Waals surface area contributed by atoms with Crippen LogP contribution in [0.5, 0.6) is 5.75 Å². The van der Waals surface area contributed by atoms with Crippen LogP contribution in [0.4, 0.5) is 0 Å². The minimum atomic E-state index is -4.26. The molecule has 0 aliphatic rings. The second-order valence-electron chi connectivity index (χ2n) is 6.56. The molecule has 1 heterocycles. The van der Waals surface area contributed by atoms with Gasteiger partial charge in [0.05, 0.1) is 5.56 Å². The molecule has 0 N–H and O–H groups in total. The maximum atomic E-state index is 12.8. The summed E-state index contributed by atoms with van der Waals surface area (Å²) in [6.45, 7) is 1.61. The van der Waals surface area contributed by atoms with Crippen molar-refractivity contribution in [2.75, 3.05) is 0 Å². The van der Waals surface area contributed by atoms with E-state index in [9.17, 15) is 18.5 Å². The fourth-order valence-corrected chi connectivity index (χ4v) is 4.36. The number of hydrogen-bond donors (Lipinski definition) is 0. The molecule has 0 aliphatic carbocycles. The summed E-state index contributed by atoms with van der Waals surface area (Å²) in [5.74, 6) is 0.0172. The van der Waals surface area contributed by atoms with Gasteiger partial charge in [-0.1, -0.05) is 42.5 Å². The van der Waals surface area contributed by atoms with E-state index in [1.54, 1.807) is 19.1 Å². The van der Waals surface area contributed by atoms with Crippen molar-refractivity contribution < 1.29 is 17.0 Å². The fraction of sp³-hybridized carbons (Fsp3) is 0.0435. The molecule has 0 unspecified atom stereocenters. The van der Waals surface area contributed by atoms with Crippen molar-refractivity contribution in [3.63, 3.8) is 0 Å². The van der Waals surface area contributed by atoms with Gasteiger partial charge in [0.1, 0.15) is 22.3 Å². The van der Waals surface area contributed by atoms with Gasteiger partial charge >= 0.3 is 15.7 Å². The van der Waals surface area contributed by atoms with Crippen LogP contribution in [-0.2, 0) is 10.1 Å².